The summed E-state index contributed by atoms with van der Waals surface area (Å²) < 4.78 is 1.03. The highest BCUT2D eigenvalue weighted by molar-refractivity contribution is 9.10. The molecule has 1 aromatic carbocycles. The van der Waals surface area contributed by atoms with E-state index < -0.39 is 0 Å². The van der Waals surface area contributed by atoms with Crippen LogP contribution in [0.25, 0.3) is 0 Å². The summed E-state index contributed by atoms with van der Waals surface area (Å²) >= 11 is 3.38. The number of carbonyl (C=O) groups is 2. The van der Waals surface area contributed by atoms with Crippen LogP contribution in [0.1, 0.15) is 12.5 Å². The van der Waals surface area contributed by atoms with Gasteiger partial charge in [0.2, 0.25) is 11.8 Å². The second kappa shape index (κ2) is 7.69. The van der Waals surface area contributed by atoms with Gasteiger partial charge in [0.05, 0.1) is 6.20 Å². The van der Waals surface area contributed by atoms with E-state index >= 15 is 0 Å². The molecule has 0 bridgehead atoms. The Labute approximate surface area is 136 Å². The van der Waals surface area contributed by atoms with Gasteiger partial charge in [0.1, 0.15) is 6.54 Å². The molecule has 0 spiro atoms. The van der Waals surface area contributed by atoms with Crippen molar-refractivity contribution in [2.45, 2.75) is 19.9 Å². The largest absolute Gasteiger partial charge is 0.354 e. The molecule has 0 aliphatic rings. The highest BCUT2D eigenvalue weighted by atomic mass is 79.9. The van der Waals surface area contributed by atoms with Crippen molar-refractivity contribution in [2.75, 3.05) is 11.9 Å². The molecule has 7 nitrogen and oxygen atoms in total. The number of benzene rings is 1. The topological polar surface area (TPSA) is 88.9 Å². The monoisotopic (exact) mass is 365 g/mol. The van der Waals surface area contributed by atoms with Gasteiger partial charge in [-0.25, -0.2) is 0 Å². The summed E-state index contributed by atoms with van der Waals surface area (Å²) in [4.78, 5) is 23.9. The van der Waals surface area contributed by atoms with E-state index in [9.17, 15) is 9.59 Å². The Bertz CT molecular complexity index is 654. The zero-order valence-corrected chi connectivity index (χ0v) is 13.6. The van der Waals surface area contributed by atoms with Crippen LogP contribution in [0, 0.1) is 0 Å². The molecule has 0 aliphatic carbocycles. The number of amides is 2. The Morgan fingerprint density at radius 2 is 2.00 bits per heavy atom. The van der Waals surface area contributed by atoms with Gasteiger partial charge in [0, 0.05) is 17.9 Å². The molecule has 0 fully saturated rings. The molecule has 1 heterocycles. The van der Waals surface area contributed by atoms with Crippen LogP contribution < -0.4 is 10.6 Å². The first-order valence-electron chi connectivity index (χ1n) is 6.72. The lowest BCUT2D eigenvalue weighted by Crippen LogP contribution is -2.30. The van der Waals surface area contributed by atoms with E-state index in [0.717, 1.165) is 16.5 Å². The van der Waals surface area contributed by atoms with Gasteiger partial charge in [0.15, 0.2) is 5.82 Å². The maximum atomic E-state index is 11.8. The zero-order valence-electron chi connectivity index (χ0n) is 12.0. The normalized spacial score (nSPS) is 10.3. The van der Waals surface area contributed by atoms with E-state index in [1.165, 1.54) is 17.9 Å². The molecule has 0 radical (unpaired) electrons. The van der Waals surface area contributed by atoms with E-state index in [1.807, 2.05) is 24.3 Å². The number of anilines is 1. The Balaban J connectivity index is 1.74. The number of hydrogen-bond donors (Lipinski definition) is 2. The molecule has 22 heavy (non-hydrogen) atoms. The lowest BCUT2D eigenvalue weighted by molar-refractivity contribution is -0.122. The third-order valence-corrected chi connectivity index (χ3v) is 3.30. The molecular formula is C14H16BrN5O2. The first-order valence-corrected chi connectivity index (χ1v) is 7.51. The number of nitrogens with zero attached hydrogens (tertiary/aromatic N) is 3. The van der Waals surface area contributed by atoms with Crippen LogP contribution in [-0.4, -0.2) is 33.4 Å². The summed E-state index contributed by atoms with van der Waals surface area (Å²) in [5, 5.41) is 13.2. The number of hydrogen-bond acceptors (Lipinski definition) is 4. The SMILES string of the molecule is CC(=O)Nc1cnn(CC(=O)NCCc2ccc(Br)cc2)n1. The van der Waals surface area contributed by atoms with E-state index in [4.69, 9.17) is 0 Å². The number of rotatable bonds is 6. The Kier molecular flexibility index (Phi) is 5.65. The van der Waals surface area contributed by atoms with Crippen LogP contribution >= 0.6 is 15.9 Å². The second-order valence-electron chi connectivity index (χ2n) is 4.67. The van der Waals surface area contributed by atoms with Crippen LogP contribution in [-0.2, 0) is 22.6 Å². The molecular weight excluding hydrogens is 350 g/mol. The average Bonchev–Trinajstić information content (AvgIpc) is 2.87. The van der Waals surface area contributed by atoms with Crippen LogP contribution in [0.4, 0.5) is 5.82 Å². The summed E-state index contributed by atoms with van der Waals surface area (Å²) in [6.07, 6.45) is 2.15. The summed E-state index contributed by atoms with van der Waals surface area (Å²) in [5.41, 5.74) is 1.15. The zero-order chi connectivity index (χ0) is 15.9. The van der Waals surface area contributed by atoms with E-state index in [0.29, 0.717) is 12.4 Å². The maximum absolute atomic E-state index is 11.8. The third kappa shape index (κ3) is 5.28. The van der Waals surface area contributed by atoms with Gasteiger partial charge in [-0.2, -0.15) is 9.90 Å². The molecule has 2 amide bonds. The maximum Gasteiger partial charge on any atom is 0.243 e. The second-order valence-corrected chi connectivity index (χ2v) is 5.58. The van der Waals surface area contributed by atoms with Crippen LogP contribution in [0.15, 0.2) is 34.9 Å². The standard InChI is InChI=1S/C14H16BrN5O2/c1-10(21)18-13-8-17-20(19-13)9-14(22)16-7-6-11-2-4-12(15)5-3-11/h2-5,8H,6-7,9H2,1H3,(H,16,22)(H,18,19,21). The Hall–Kier alpha value is -2.22. The molecule has 2 aromatic rings. The smallest absolute Gasteiger partial charge is 0.243 e. The Morgan fingerprint density at radius 1 is 1.27 bits per heavy atom. The fourth-order valence-corrected chi connectivity index (χ4v) is 2.06. The number of nitrogens with one attached hydrogen (secondary N) is 2. The number of halogens is 1. The van der Waals surface area contributed by atoms with E-state index in [2.05, 4.69) is 36.8 Å². The van der Waals surface area contributed by atoms with Gasteiger partial charge in [-0.15, -0.1) is 5.10 Å². The minimum atomic E-state index is -0.231. The highest BCUT2D eigenvalue weighted by Gasteiger charge is 2.06. The molecule has 0 atom stereocenters. The molecule has 2 N–H and O–H groups in total. The summed E-state index contributed by atoms with van der Waals surface area (Å²) in [6.45, 7) is 1.94. The molecule has 0 aliphatic heterocycles. The lowest BCUT2D eigenvalue weighted by Gasteiger charge is -2.05. The van der Waals surface area contributed by atoms with Gasteiger partial charge in [-0.3, -0.25) is 9.59 Å². The van der Waals surface area contributed by atoms with Crippen molar-refractivity contribution in [1.29, 1.82) is 0 Å². The lowest BCUT2D eigenvalue weighted by atomic mass is 10.1. The van der Waals surface area contributed by atoms with Crippen molar-refractivity contribution in [2.24, 2.45) is 0 Å². The fourth-order valence-electron chi connectivity index (χ4n) is 1.79. The van der Waals surface area contributed by atoms with Crippen molar-refractivity contribution in [3.8, 4) is 0 Å². The van der Waals surface area contributed by atoms with Crippen LogP contribution in [0.3, 0.4) is 0 Å². The molecule has 8 heteroatoms. The van der Waals surface area contributed by atoms with Crippen molar-refractivity contribution in [3.63, 3.8) is 0 Å². The van der Waals surface area contributed by atoms with Crippen molar-refractivity contribution >= 4 is 33.6 Å². The quantitative estimate of drug-likeness (QED) is 0.808. The molecule has 0 saturated carbocycles. The minimum Gasteiger partial charge on any atom is -0.354 e. The van der Waals surface area contributed by atoms with Gasteiger partial charge in [-0.05, 0) is 24.1 Å². The predicted octanol–water partition coefficient (Wildman–Crippen LogP) is 1.36. The van der Waals surface area contributed by atoms with Gasteiger partial charge >= 0.3 is 0 Å². The van der Waals surface area contributed by atoms with E-state index in [1.54, 1.807) is 0 Å². The molecule has 0 saturated heterocycles. The number of carbonyl (C=O) groups excluding carboxylic acids is 2. The van der Waals surface area contributed by atoms with Gasteiger partial charge in [0.25, 0.3) is 0 Å². The predicted molar refractivity (Wildman–Crippen MR) is 85.2 cm³/mol. The first-order chi connectivity index (χ1) is 10.5. The molecule has 2 rings (SSSR count). The molecule has 116 valence electrons. The van der Waals surface area contributed by atoms with Gasteiger partial charge < -0.3 is 10.6 Å². The summed E-state index contributed by atoms with van der Waals surface area (Å²) in [5.74, 6) is -0.0803. The fraction of sp³-hybridized carbons (Fsp3) is 0.286. The van der Waals surface area contributed by atoms with E-state index in [-0.39, 0.29) is 18.4 Å². The van der Waals surface area contributed by atoms with Crippen LogP contribution in [0.2, 0.25) is 0 Å². The summed E-state index contributed by atoms with van der Waals surface area (Å²) in [6, 6.07) is 7.94. The summed E-state index contributed by atoms with van der Waals surface area (Å²) in [7, 11) is 0. The average molecular weight is 366 g/mol. The van der Waals surface area contributed by atoms with Crippen molar-refractivity contribution in [1.82, 2.24) is 20.3 Å². The van der Waals surface area contributed by atoms with Gasteiger partial charge in [-0.1, -0.05) is 28.1 Å². The minimum absolute atomic E-state index is 0.0138. The number of aromatic nitrogens is 3. The van der Waals surface area contributed by atoms with Crippen LogP contribution in [0.5, 0.6) is 0 Å². The molecule has 0 unspecified atom stereocenters. The van der Waals surface area contributed by atoms with Crippen molar-refractivity contribution in [3.05, 3.63) is 40.5 Å². The Morgan fingerprint density at radius 3 is 2.68 bits per heavy atom. The third-order valence-electron chi connectivity index (χ3n) is 2.77. The first kappa shape index (κ1) is 16.2. The molecule has 1 aromatic heterocycles. The highest BCUT2D eigenvalue weighted by Crippen LogP contribution is 2.10. The van der Waals surface area contributed by atoms with Crippen molar-refractivity contribution < 1.29 is 9.59 Å².